The summed E-state index contributed by atoms with van der Waals surface area (Å²) in [6, 6.07) is 7.47. The molecular weight excluding hydrogens is 372 g/mol. The predicted molar refractivity (Wildman–Crippen MR) is 114 cm³/mol. The molecule has 0 unspecified atom stereocenters. The lowest BCUT2D eigenvalue weighted by Crippen LogP contribution is -2.56. The number of sulfone groups is 1. The van der Waals surface area contributed by atoms with Crippen molar-refractivity contribution in [2.24, 2.45) is 5.92 Å². The maximum atomic E-state index is 11.9. The number of benzene rings is 1. The van der Waals surface area contributed by atoms with E-state index in [-0.39, 0.29) is 6.04 Å². The van der Waals surface area contributed by atoms with Crippen LogP contribution in [0.3, 0.4) is 0 Å². The third-order valence-corrected chi connectivity index (χ3v) is 6.49. The lowest BCUT2D eigenvalue weighted by Gasteiger charge is -2.44. The molecule has 1 aliphatic heterocycles. The average molecular weight is 403 g/mol. The molecule has 2 heterocycles. The van der Waals surface area contributed by atoms with Crippen LogP contribution in [0.25, 0.3) is 0 Å². The quantitative estimate of drug-likeness (QED) is 0.764. The number of hydrogen-bond acceptors (Lipinski definition) is 6. The first-order valence-corrected chi connectivity index (χ1v) is 11.7. The molecule has 0 saturated carbocycles. The van der Waals surface area contributed by atoms with Crippen molar-refractivity contribution in [2.75, 3.05) is 35.7 Å². The average Bonchev–Trinajstić information content (AvgIpc) is 2.67. The van der Waals surface area contributed by atoms with Crippen LogP contribution in [0.15, 0.2) is 41.6 Å². The fraction of sp³-hybridized carbons (Fsp3) is 0.524. The molecule has 1 aromatic heterocycles. The smallest absolute Gasteiger partial charge is 0.225 e. The van der Waals surface area contributed by atoms with E-state index in [0.29, 0.717) is 16.7 Å². The van der Waals surface area contributed by atoms with E-state index in [2.05, 4.69) is 47.5 Å². The highest BCUT2D eigenvalue weighted by Crippen LogP contribution is 2.27. The van der Waals surface area contributed by atoms with Crippen LogP contribution in [-0.2, 0) is 9.84 Å². The third-order valence-electron chi connectivity index (χ3n) is 5.38. The Labute approximate surface area is 168 Å². The monoisotopic (exact) mass is 402 g/mol. The van der Waals surface area contributed by atoms with Gasteiger partial charge in [-0.1, -0.05) is 33.8 Å². The van der Waals surface area contributed by atoms with Crippen molar-refractivity contribution in [3.8, 4) is 0 Å². The summed E-state index contributed by atoms with van der Waals surface area (Å²) in [6.07, 6.45) is 5.10. The summed E-state index contributed by atoms with van der Waals surface area (Å²) in [5.41, 5.74) is 2.09. The second-order valence-corrected chi connectivity index (χ2v) is 10.2. The maximum Gasteiger partial charge on any atom is 0.225 e. The maximum absolute atomic E-state index is 11.9. The number of aromatic nitrogens is 2. The van der Waals surface area contributed by atoms with Gasteiger partial charge in [-0.05, 0) is 35.6 Å². The summed E-state index contributed by atoms with van der Waals surface area (Å²) in [6.45, 7) is 11.1. The Morgan fingerprint density at radius 2 is 1.75 bits per heavy atom. The Kier molecular flexibility index (Phi) is 5.93. The molecule has 3 rings (SSSR count). The number of nitrogens with zero attached hydrogens (tertiary/aromatic N) is 4. The van der Waals surface area contributed by atoms with E-state index in [1.54, 1.807) is 12.1 Å². The Balaban J connectivity index is 1.83. The molecule has 7 heteroatoms. The first-order valence-electron chi connectivity index (χ1n) is 9.80. The minimum Gasteiger partial charge on any atom is -0.368 e. The molecule has 0 bridgehead atoms. The SMILES string of the molecule is CC(C)c1cnc(N2CCN(c3cccc(S(C)(=O)=O)c3)C[C@H]2C(C)C)nc1. The van der Waals surface area contributed by atoms with E-state index in [0.717, 1.165) is 36.8 Å². The molecule has 0 radical (unpaired) electrons. The van der Waals surface area contributed by atoms with Crippen molar-refractivity contribution in [1.82, 2.24) is 9.97 Å². The van der Waals surface area contributed by atoms with Gasteiger partial charge in [0, 0.05) is 44.0 Å². The first kappa shape index (κ1) is 20.6. The highest BCUT2D eigenvalue weighted by molar-refractivity contribution is 7.90. The largest absolute Gasteiger partial charge is 0.368 e. The van der Waals surface area contributed by atoms with Gasteiger partial charge in [0.2, 0.25) is 5.95 Å². The van der Waals surface area contributed by atoms with Gasteiger partial charge in [-0.15, -0.1) is 0 Å². The van der Waals surface area contributed by atoms with E-state index < -0.39 is 9.84 Å². The van der Waals surface area contributed by atoms with Gasteiger partial charge in [0.15, 0.2) is 9.84 Å². The van der Waals surface area contributed by atoms with Crippen molar-refractivity contribution in [2.45, 2.75) is 44.6 Å². The second-order valence-electron chi connectivity index (χ2n) is 8.19. The summed E-state index contributed by atoms with van der Waals surface area (Å²) < 4.78 is 23.8. The topological polar surface area (TPSA) is 66.4 Å². The Morgan fingerprint density at radius 1 is 1.07 bits per heavy atom. The molecule has 1 aromatic carbocycles. The van der Waals surface area contributed by atoms with E-state index >= 15 is 0 Å². The summed E-state index contributed by atoms with van der Waals surface area (Å²) in [4.78, 5) is 14.1. The Hall–Kier alpha value is -2.15. The van der Waals surface area contributed by atoms with Crippen molar-refractivity contribution in [3.63, 3.8) is 0 Å². The van der Waals surface area contributed by atoms with Crippen molar-refractivity contribution < 1.29 is 8.42 Å². The van der Waals surface area contributed by atoms with E-state index in [1.165, 1.54) is 6.26 Å². The zero-order valence-corrected chi connectivity index (χ0v) is 18.1. The van der Waals surface area contributed by atoms with Gasteiger partial charge in [0.1, 0.15) is 0 Å². The summed E-state index contributed by atoms with van der Waals surface area (Å²) in [7, 11) is -3.22. The normalized spacial score (nSPS) is 18.2. The van der Waals surface area contributed by atoms with Gasteiger partial charge in [-0.25, -0.2) is 18.4 Å². The Morgan fingerprint density at radius 3 is 2.32 bits per heavy atom. The lowest BCUT2D eigenvalue weighted by molar-refractivity contribution is 0.413. The number of piperazine rings is 1. The van der Waals surface area contributed by atoms with Crippen LogP contribution in [0.4, 0.5) is 11.6 Å². The highest BCUT2D eigenvalue weighted by Gasteiger charge is 2.31. The van der Waals surface area contributed by atoms with Crippen molar-refractivity contribution in [3.05, 3.63) is 42.2 Å². The van der Waals surface area contributed by atoms with Gasteiger partial charge >= 0.3 is 0 Å². The second kappa shape index (κ2) is 8.07. The third kappa shape index (κ3) is 4.46. The minimum absolute atomic E-state index is 0.250. The molecule has 0 aliphatic carbocycles. The zero-order valence-electron chi connectivity index (χ0n) is 17.3. The van der Waals surface area contributed by atoms with Gasteiger partial charge < -0.3 is 9.80 Å². The number of anilines is 2. The molecule has 1 saturated heterocycles. The number of hydrogen-bond donors (Lipinski definition) is 0. The van der Waals surface area contributed by atoms with Gasteiger partial charge in [0.05, 0.1) is 10.9 Å². The molecule has 1 atom stereocenters. The van der Waals surface area contributed by atoms with Crippen LogP contribution in [0.5, 0.6) is 0 Å². The molecule has 152 valence electrons. The molecule has 2 aromatic rings. The minimum atomic E-state index is -3.22. The molecule has 1 fully saturated rings. The highest BCUT2D eigenvalue weighted by atomic mass is 32.2. The van der Waals surface area contributed by atoms with E-state index in [1.807, 2.05) is 24.5 Å². The van der Waals surface area contributed by atoms with Crippen LogP contribution in [0.1, 0.15) is 39.2 Å². The van der Waals surface area contributed by atoms with Gasteiger partial charge in [-0.3, -0.25) is 0 Å². The van der Waals surface area contributed by atoms with Crippen molar-refractivity contribution in [1.29, 1.82) is 0 Å². The predicted octanol–water partition coefficient (Wildman–Crippen LogP) is 3.35. The zero-order chi connectivity index (χ0) is 20.5. The van der Waals surface area contributed by atoms with Crippen LogP contribution < -0.4 is 9.80 Å². The molecule has 0 spiro atoms. The summed E-state index contributed by atoms with van der Waals surface area (Å²) in [5, 5.41) is 0. The molecule has 0 N–H and O–H groups in total. The fourth-order valence-corrected chi connectivity index (χ4v) is 4.21. The first-order chi connectivity index (χ1) is 13.2. The molecule has 28 heavy (non-hydrogen) atoms. The van der Waals surface area contributed by atoms with E-state index in [9.17, 15) is 8.42 Å². The number of rotatable bonds is 5. The Bertz CT molecular complexity index is 910. The standard InChI is InChI=1S/C21H30N4O2S/c1-15(2)17-12-22-21(23-13-17)25-10-9-24(14-20(25)16(3)4)18-7-6-8-19(11-18)28(5,26)27/h6-8,11-13,15-16,20H,9-10,14H2,1-5H3/t20-/m0/s1. The van der Waals surface area contributed by atoms with Gasteiger partial charge in [-0.2, -0.15) is 0 Å². The molecule has 0 amide bonds. The molecule has 6 nitrogen and oxygen atoms in total. The van der Waals surface area contributed by atoms with Crippen LogP contribution >= 0.6 is 0 Å². The summed E-state index contributed by atoms with van der Waals surface area (Å²) in [5.74, 6) is 1.59. The van der Waals surface area contributed by atoms with Crippen LogP contribution in [-0.4, -0.2) is 50.3 Å². The van der Waals surface area contributed by atoms with Crippen molar-refractivity contribution >= 4 is 21.5 Å². The molecule has 1 aliphatic rings. The van der Waals surface area contributed by atoms with Gasteiger partial charge in [0.25, 0.3) is 0 Å². The molecular formula is C21H30N4O2S. The van der Waals surface area contributed by atoms with Crippen LogP contribution in [0, 0.1) is 5.92 Å². The fourth-order valence-electron chi connectivity index (χ4n) is 3.55. The lowest BCUT2D eigenvalue weighted by atomic mass is 9.99. The van der Waals surface area contributed by atoms with Crippen LogP contribution in [0.2, 0.25) is 0 Å². The van der Waals surface area contributed by atoms with E-state index in [4.69, 9.17) is 0 Å². The summed E-state index contributed by atoms with van der Waals surface area (Å²) >= 11 is 0.